The van der Waals surface area contributed by atoms with Crippen molar-refractivity contribution in [2.75, 3.05) is 18.0 Å². The van der Waals surface area contributed by atoms with Crippen LogP contribution < -0.4 is 15.5 Å². The lowest BCUT2D eigenvalue weighted by atomic mass is 10.2. The summed E-state index contributed by atoms with van der Waals surface area (Å²) >= 11 is 0. The van der Waals surface area contributed by atoms with Gasteiger partial charge >= 0.3 is 6.03 Å². The first kappa shape index (κ1) is 15.1. The van der Waals surface area contributed by atoms with Gasteiger partial charge in [0.25, 0.3) is 0 Å². The number of urea groups is 1. The number of benzene rings is 1. The molecule has 1 aromatic carbocycles. The maximum atomic E-state index is 13.8. The van der Waals surface area contributed by atoms with E-state index in [-0.39, 0.29) is 23.8 Å². The molecule has 2 N–H and O–H groups in total. The fourth-order valence-corrected chi connectivity index (χ4v) is 3.35. The van der Waals surface area contributed by atoms with Gasteiger partial charge in [-0.25, -0.2) is 13.6 Å². The first-order chi connectivity index (χ1) is 10.6. The summed E-state index contributed by atoms with van der Waals surface area (Å²) in [5.41, 5.74) is 0.00278. The Kier molecular flexibility index (Phi) is 4.45. The fourth-order valence-electron chi connectivity index (χ4n) is 3.35. The summed E-state index contributed by atoms with van der Waals surface area (Å²) in [5.74, 6) is -1.12. The standard InChI is InChI=1S/C16H21F2N3O/c17-13-6-3-7-14(18)15(13)21-9-8-12(10-21)20-16(22)19-11-4-1-2-5-11/h3,6-7,11-12H,1-2,4-5,8-10H2,(H2,19,20,22). The summed E-state index contributed by atoms with van der Waals surface area (Å²) in [6.45, 7) is 0.960. The third kappa shape index (κ3) is 3.31. The summed E-state index contributed by atoms with van der Waals surface area (Å²) in [6.07, 6.45) is 5.07. The quantitative estimate of drug-likeness (QED) is 0.902. The third-order valence-electron chi connectivity index (χ3n) is 4.47. The van der Waals surface area contributed by atoms with Gasteiger partial charge in [0.05, 0.1) is 0 Å². The Hall–Kier alpha value is -1.85. The summed E-state index contributed by atoms with van der Waals surface area (Å²) in [4.78, 5) is 13.6. The Bertz CT molecular complexity index is 526. The number of hydrogen-bond donors (Lipinski definition) is 2. The molecule has 3 rings (SSSR count). The van der Waals surface area contributed by atoms with E-state index in [9.17, 15) is 13.6 Å². The molecule has 1 unspecified atom stereocenters. The van der Waals surface area contributed by atoms with E-state index in [1.54, 1.807) is 4.90 Å². The molecule has 2 aliphatic rings. The van der Waals surface area contributed by atoms with E-state index in [1.807, 2.05) is 0 Å². The van der Waals surface area contributed by atoms with E-state index in [4.69, 9.17) is 0 Å². The van der Waals surface area contributed by atoms with Gasteiger partial charge < -0.3 is 15.5 Å². The number of amides is 2. The number of anilines is 1. The molecule has 0 spiro atoms. The molecular weight excluding hydrogens is 288 g/mol. The first-order valence-corrected chi connectivity index (χ1v) is 7.89. The number of nitrogens with zero attached hydrogens (tertiary/aromatic N) is 1. The normalized spacial score (nSPS) is 22.1. The molecule has 2 fully saturated rings. The van der Waals surface area contributed by atoms with Crippen molar-refractivity contribution in [3.05, 3.63) is 29.8 Å². The van der Waals surface area contributed by atoms with Crippen LogP contribution in [0.2, 0.25) is 0 Å². The number of nitrogens with one attached hydrogen (secondary N) is 2. The number of carbonyl (C=O) groups is 1. The molecule has 2 amide bonds. The average Bonchev–Trinajstić information content (AvgIpc) is 3.11. The van der Waals surface area contributed by atoms with Crippen molar-refractivity contribution in [2.24, 2.45) is 0 Å². The van der Waals surface area contributed by atoms with E-state index in [1.165, 1.54) is 18.2 Å². The van der Waals surface area contributed by atoms with Gasteiger partial charge in [0, 0.05) is 25.2 Å². The lowest BCUT2D eigenvalue weighted by Gasteiger charge is -2.21. The fraction of sp³-hybridized carbons (Fsp3) is 0.562. The van der Waals surface area contributed by atoms with Crippen LogP contribution in [-0.2, 0) is 0 Å². The highest BCUT2D eigenvalue weighted by atomic mass is 19.1. The van der Waals surface area contributed by atoms with Crippen LogP contribution in [0.1, 0.15) is 32.1 Å². The Morgan fingerprint density at radius 2 is 1.68 bits per heavy atom. The van der Waals surface area contributed by atoms with E-state index in [0.29, 0.717) is 19.5 Å². The van der Waals surface area contributed by atoms with Crippen LogP contribution in [0.4, 0.5) is 19.3 Å². The lowest BCUT2D eigenvalue weighted by molar-refractivity contribution is 0.234. The van der Waals surface area contributed by atoms with Gasteiger partial charge in [0.15, 0.2) is 0 Å². The van der Waals surface area contributed by atoms with Crippen molar-refractivity contribution in [1.82, 2.24) is 10.6 Å². The molecule has 4 nitrogen and oxygen atoms in total. The van der Waals surface area contributed by atoms with Crippen LogP contribution >= 0.6 is 0 Å². The molecule has 1 heterocycles. The van der Waals surface area contributed by atoms with Crippen molar-refractivity contribution >= 4 is 11.7 Å². The largest absolute Gasteiger partial charge is 0.365 e. The number of hydrogen-bond acceptors (Lipinski definition) is 2. The molecule has 22 heavy (non-hydrogen) atoms. The molecule has 1 saturated carbocycles. The molecule has 1 aliphatic carbocycles. The van der Waals surface area contributed by atoms with Crippen LogP contribution in [0.15, 0.2) is 18.2 Å². The molecule has 0 radical (unpaired) electrons. The maximum Gasteiger partial charge on any atom is 0.315 e. The Morgan fingerprint density at radius 1 is 1.05 bits per heavy atom. The minimum atomic E-state index is -0.559. The smallest absolute Gasteiger partial charge is 0.315 e. The van der Waals surface area contributed by atoms with Crippen LogP contribution in [0.3, 0.4) is 0 Å². The van der Waals surface area contributed by atoms with Crippen molar-refractivity contribution in [2.45, 2.75) is 44.2 Å². The van der Waals surface area contributed by atoms with E-state index < -0.39 is 11.6 Å². The summed E-state index contributed by atoms with van der Waals surface area (Å²) < 4.78 is 27.6. The van der Waals surface area contributed by atoms with Gasteiger partial charge in [-0.05, 0) is 31.4 Å². The second-order valence-corrected chi connectivity index (χ2v) is 6.10. The topological polar surface area (TPSA) is 44.4 Å². The molecule has 0 bridgehead atoms. The van der Waals surface area contributed by atoms with Crippen molar-refractivity contribution in [3.63, 3.8) is 0 Å². The van der Waals surface area contributed by atoms with E-state index in [2.05, 4.69) is 10.6 Å². The zero-order chi connectivity index (χ0) is 15.5. The lowest BCUT2D eigenvalue weighted by Crippen LogP contribution is -2.46. The number of halogens is 2. The molecule has 1 saturated heterocycles. The maximum absolute atomic E-state index is 13.8. The molecule has 1 atom stereocenters. The summed E-state index contributed by atoms with van der Waals surface area (Å²) in [5, 5.41) is 5.87. The monoisotopic (exact) mass is 309 g/mol. The molecule has 6 heteroatoms. The van der Waals surface area contributed by atoms with Gasteiger partial charge in [-0.1, -0.05) is 18.9 Å². The van der Waals surface area contributed by atoms with Crippen molar-refractivity contribution in [3.8, 4) is 0 Å². The van der Waals surface area contributed by atoms with Crippen molar-refractivity contribution < 1.29 is 13.6 Å². The van der Waals surface area contributed by atoms with Crippen LogP contribution in [-0.4, -0.2) is 31.2 Å². The van der Waals surface area contributed by atoms with Gasteiger partial charge in [-0.2, -0.15) is 0 Å². The Morgan fingerprint density at radius 3 is 2.36 bits per heavy atom. The predicted molar refractivity (Wildman–Crippen MR) is 80.9 cm³/mol. The highest BCUT2D eigenvalue weighted by Crippen LogP contribution is 2.26. The van der Waals surface area contributed by atoms with Gasteiger partial charge in [-0.15, -0.1) is 0 Å². The molecular formula is C16H21F2N3O. The van der Waals surface area contributed by atoms with Crippen LogP contribution in [0, 0.1) is 11.6 Å². The highest BCUT2D eigenvalue weighted by Gasteiger charge is 2.28. The second-order valence-electron chi connectivity index (χ2n) is 6.10. The molecule has 1 aliphatic heterocycles. The Balaban J connectivity index is 1.54. The zero-order valence-corrected chi connectivity index (χ0v) is 12.4. The number of carbonyl (C=O) groups excluding carboxylic acids is 1. The van der Waals surface area contributed by atoms with E-state index >= 15 is 0 Å². The van der Waals surface area contributed by atoms with Crippen molar-refractivity contribution in [1.29, 1.82) is 0 Å². The van der Waals surface area contributed by atoms with Crippen LogP contribution in [0.25, 0.3) is 0 Å². The third-order valence-corrected chi connectivity index (χ3v) is 4.47. The number of para-hydroxylation sites is 1. The SMILES string of the molecule is O=C(NC1CCCC1)NC1CCN(c2c(F)cccc2F)C1. The summed E-state index contributed by atoms with van der Waals surface area (Å²) in [7, 11) is 0. The first-order valence-electron chi connectivity index (χ1n) is 7.89. The highest BCUT2D eigenvalue weighted by molar-refractivity contribution is 5.74. The second kappa shape index (κ2) is 6.50. The molecule has 1 aromatic rings. The van der Waals surface area contributed by atoms with Crippen LogP contribution in [0.5, 0.6) is 0 Å². The van der Waals surface area contributed by atoms with Gasteiger partial charge in [-0.3, -0.25) is 0 Å². The number of rotatable bonds is 3. The van der Waals surface area contributed by atoms with Gasteiger partial charge in [0.2, 0.25) is 0 Å². The molecule has 120 valence electrons. The molecule has 0 aromatic heterocycles. The zero-order valence-electron chi connectivity index (χ0n) is 12.4. The Labute approximate surface area is 128 Å². The van der Waals surface area contributed by atoms with E-state index in [0.717, 1.165) is 25.7 Å². The minimum absolute atomic E-state index is 0.00278. The average molecular weight is 309 g/mol. The summed E-state index contributed by atoms with van der Waals surface area (Å²) in [6, 6.07) is 3.88. The van der Waals surface area contributed by atoms with Gasteiger partial charge in [0.1, 0.15) is 17.3 Å². The minimum Gasteiger partial charge on any atom is -0.365 e. The predicted octanol–water partition coefficient (Wildman–Crippen LogP) is 2.79.